The number of ether oxygens (including phenoxy) is 2. The molecule has 1 aliphatic rings. The molecule has 3 aromatic carbocycles. The summed E-state index contributed by atoms with van der Waals surface area (Å²) in [5, 5.41) is 0. The number of esters is 2. The van der Waals surface area contributed by atoms with E-state index in [1.165, 1.54) is 0 Å². The molecule has 5 heteroatoms. The average molecular weight is 397 g/mol. The molecule has 30 heavy (non-hydrogen) atoms. The van der Waals surface area contributed by atoms with Gasteiger partial charge < -0.3 is 9.47 Å². The van der Waals surface area contributed by atoms with E-state index in [1.807, 2.05) is 50.2 Å². The van der Waals surface area contributed by atoms with Gasteiger partial charge in [-0.15, -0.1) is 0 Å². The number of aliphatic imine (C=N–C) groups is 1. The van der Waals surface area contributed by atoms with Crippen molar-refractivity contribution in [3.05, 3.63) is 106 Å². The van der Waals surface area contributed by atoms with Crippen molar-refractivity contribution in [2.45, 2.75) is 13.8 Å². The fraction of sp³-hybridized carbons (Fsp3) is 0.0800. The lowest BCUT2D eigenvalue weighted by Crippen LogP contribution is -2.08. The number of cyclic esters (lactones) is 1. The van der Waals surface area contributed by atoms with E-state index in [9.17, 15) is 9.59 Å². The average Bonchev–Trinajstić information content (AvgIpc) is 3.10. The van der Waals surface area contributed by atoms with Gasteiger partial charge in [0.15, 0.2) is 5.70 Å². The number of hydrogen-bond donors (Lipinski definition) is 0. The Balaban J connectivity index is 1.48. The van der Waals surface area contributed by atoms with Gasteiger partial charge in [0.2, 0.25) is 5.90 Å². The quantitative estimate of drug-likeness (QED) is 0.358. The second-order valence-corrected chi connectivity index (χ2v) is 7.03. The van der Waals surface area contributed by atoms with Crippen LogP contribution in [0, 0.1) is 13.8 Å². The van der Waals surface area contributed by atoms with Crippen molar-refractivity contribution in [2.24, 2.45) is 4.99 Å². The summed E-state index contributed by atoms with van der Waals surface area (Å²) < 4.78 is 10.7. The topological polar surface area (TPSA) is 65.0 Å². The normalized spacial score (nSPS) is 14.4. The first-order chi connectivity index (χ1) is 14.5. The molecule has 0 amide bonds. The molecule has 1 aliphatic heterocycles. The highest BCUT2D eigenvalue weighted by molar-refractivity contribution is 6.12. The molecule has 1 heterocycles. The van der Waals surface area contributed by atoms with Crippen LogP contribution in [-0.2, 0) is 9.53 Å². The number of benzene rings is 3. The molecule has 0 fully saturated rings. The Morgan fingerprint density at radius 1 is 0.933 bits per heavy atom. The van der Waals surface area contributed by atoms with Crippen molar-refractivity contribution in [1.29, 1.82) is 0 Å². The van der Waals surface area contributed by atoms with E-state index >= 15 is 0 Å². The predicted octanol–water partition coefficient (Wildman–Crippen LogP) is 4.87. The van der Waals surface area contributed by atoms with Crippen molar-refractivity contribution in [1.82, 2.24) is 0 Å². The van der Waals surface area contributed by atoms with Crippen LogP contribution in [0.5, 0.6) is 5.75 Å². The molecular weight excluding hydrogens is 378 g/mol. The first-order valence-electron chi connectivity index (χ1n) is 9.46. The number of rotatable bonds is 4. The number of nitrogens with zero attached hydrogens (tertiary/aromatic N) is 1. The van der Waals surface area contributed by atoms with Crippen LogP contribution in [-0.4, -0.2) is 17.8 Å². The Morgan fingerprint density at radius 3 is 2.37 bits per heavy atom. The molecule has 4 rings (SSSR count). The van der Waals surface area contributed by atoms with E-state index in [0.29, 0.717) is 11.3 Å². The van der Waals surface area contributed by atoms with Gasteiger partial charge in [0.1, 0.15) is 5.75 Å². The van der Waals surface area contributed by atoms with Crippen LogP contribution in [0.2, 0.25) is 0 Å². The molecule has 5 nitrogen and oxygen atoms in total. The number of aryl methyl sites for hydroxylation is 2. The number of carbonyl (C=O) groups excluding carboxylic acids is 2. The highest BCUT2D eigenvalue weighted by Gasteiger charge is 2.24. The summed E-state index contributed by atoms with van der Waals surface area (Å²) in [6.45, 7) is 3.90. The van der Waals surface area contributed by atoms with Gasteiger partial charge in [0.05, 0.1) is 5.56 Å². The lowest BCUT2D eigenvalue weighted by atomic mass is 10.1. The van der Waals surface area contributed by atoms with E-state index in [4.69, 9.17) is 9.47 Å². The Kier molecular flexibility index (Phi) is 5.26. The summed E-state index contributed by atoms with van der Waals surface area (Å²) >= 11 is 0. The Morgan fingerprint density at radius 2 is 1.67 bits per heavy atom. The first kappa shape index (κ1) is 19.3. The zero-order valence-corrected chi connectivity index (χ0v) is 16.6. The standard InChI is InChI=1S/C25H19NO4/c1-16-6-10-19(11-7-16)23-26-22(25(28)30-23)15-18-8-12-21(13-9-18)29-24(27)20-5-3-4-17(2)14-20/h3-15H,1-2H3/b22-15+. The van der Waals surface area contributed by atoms with Crippen LogP contribution >= 0.6 is 0 Å². The highest BCUT2D eigenvalue weighted by Crippen LogP contribution is 2.21. The van der Waals surface area contributed by atoms with Gasteiger partial charge in [0.25, 0.3) is 0 Å². The van der Waals surface area contributed by atoms with Crippen LogP contribution in [0.3, 0.4) is 0 Å². The monoisotopic (exact) mass is 397 g/mol. The van der Waals surface area contributed by atoms with Crippen LogP contribution in [0.25, 0.3) is 6.08 Å². The van der Waals surface area contributed by atoms with Crippen molar-refractivity contribution in [3.63, 3.8) is 0 Å². The maximum Gasteiger partial charge on any atom is 0.363 e. The zero-order valence-electron chi connectivity index (χ0n) is 16.6. The van der Waals surface area contributed by atoms with Crippen molar-refractivity contribution < 1.29 is 19.1 Å². The van der Waals surface area contributed by atoms with Gasteiger partial charge in [-0.05, 0) is 61.9 Å². The fourth-order valence-electron chi connectivity index (χ4n) is 2.96. The van der Waals surface area contributed by atoms with Gasteiger partial charge in [-0.25, -0.2) is 14.6 Å². The maximum atomic E-state index is 12.3. The maximum absolute atomic E-state index is 12.3. The molecule has 0 aromatic heterocycles. The van der Waals surface area contributed by atoms with E-state index in [-0.39, 0.29) is 11.6 Å². The van der Waals surface area contributed by atoms with Crippen LogP contribution in [0.15, 0.2) is 83.5 Å². The van der Waals surface area contributed by atoms with Crippen molar-refractivity contribution in [2.75, 3.05) is 0 Å². The van der Waals surface area contributed by atoms with E-state index in [1.54, 1.807) is 42.5 Å². The summed E-state index contributed by atoms with van der Waals surface area (Å²) in [4.78, 5) is 28.7. The van der Waals surface area contributed by atoms with E-state index in [2.05, 4.69) is 4.99 Å². The molecule has 0 saturated carbocycles. The molecule has 148 valence electrons. The lowest BCUT2D eigenvalue weighted by Gasteiger charge is -2.05. The molecule has 0 spiro atoms. The lowest BCUT2D eigenvalue weighted by molar-refractivity contribution is -0.129. The summed E-state index contributed by atoms with van der Waals surface area (Å²) in [7, 11) is 0. The number of hydrogen-bond acceptors (Lipinski definition) is 5. The second kappa shape index (κ2) is 8.17. The summed E-state index contributed by atoms with van der Waals surface area (Å²) in [6.07, 6.45) is 1.63. The summed E-state index contributed by atoms with van der Waals surface area (Å²) in [5.74, 6) is -0.214. The van der Waals surface area contributed by atoms with Crippen molar-refractivity contribution >= 4 is 23.9 Å². The Labute approximate surface area is 174 Å². The molecular formula is C25H19NO4. The third-order valence-electron chi connectivity index (χ3n) is 4.57. The first-order valence-corrected chi connectivity index (χ1v) is 9.46. The SMILES string of the molecule is Cc1ccc(C2=N/C(=C/c3ccc(OC(=O)c4cccc(C)c4)cc3)C(=O)O2)cc1. The smallest absolute Gasteiger partial charge is 0.363 e. The Hall–Kier alpha value is -3.99. The minimum atomic E-state index is -0.500. The zero-order chi connectivity index (χ0) is 21.1. The van der Waals surface area contributed by atoms with Gasteiger partial charge in [-0.2, -0.15) is 0 Å². The molecule has 3 aromatic rings. The molecule has 0 radical (unpaired) electrons. The molecule has 0 saturated heterocycles. The van der Waals surface area contributed by atoms with Gasteiger partial charge in [0, 0.05) is 5.56 Å². The summed E-state index contributed by atoms with van der Waals surface area (Å²) in [5.41, 5.74) is 4.30. The third kappa shape index (κ3) is 4.36. The largest absolute Gasteiger partial charge is 0.423 e. The molecule has 0 aliphatic carbocycles. The van der Waals surface area contributed by atoms with Crippen LogP contribution in [0.1, 0.15) is 32.6 Å². The molecule has 0 N–H and O–H groups in total. The molecule has 0 bridgehead atoms. The summed E-state index contributed by atoms with van der Waals surface area (Å²) in [6, 6.07) is 21.7. The number of carbonyl (C=O) groups is 2. The Bertz CT molecular complexity index is 1170. The predicted molar refractivity (Wildman–Crippen MR) is 114 cm³/mol. The molecule has 0 unspecified atom stereocenters. The van der Waals surface area contributed by atoms with E-state index in [0.717, 1.165) is 22.3 Å². The van der Waals surface area contributed by atoms with Crippen LogP contribution < -0.4 is 4.74 Å². The van der Waals surface area contributed by atoms with Gasteiger partial charge in [-0.1, -0.05) is 47.5 Å². The fourth-order valence-corrected chi connectivity index (χ4v) is 2.96. The van der Waals surface area contributed by atoms with Gasteiger partial charge >= 0.3 is 11.9 Å². The molecule has 0 atom stereocenters. The van der Waals surface area contributed by atoms with Crippen molar-refractivity contribution in [3.8, 4) is 5.75 Å². The van der Waals surface area contributed by atoms with Crippen LogP contribution in [0.4, 0.5) is 0 Å². The second-order valence-electron chi connectivity index (χ2n) is 7.03. The minimum absolute atomic E-state index is 0.218. The van der Waals surface area contributed by atoms with E-state index < -0.39 is 11.9 Å². The minimum Gasteiger partial charge on any atom is -0.423 e. The highest BCUT2D eigenvalue weighted by atomic mass is 16.6. The third-order valence-corrected chi connectivity index (χ3v) is 4.57. The van der Waals surface area contributed by atoms with Gasteiger partial charge in [-0.3, -0.25) is 0 Å².